The zero-order chi connectivity index (χ0) is 16.7. The summed E-state index contributed by atoms with van der Waals surface area (Å²) in [5.74, 6) is -3.41. The molecule has 0 fully saturated rings. The number of esters is 1. The quantitative estimate of drug-likeness (QED) is 0.495. The SMILES string of the molecule is CC(=N)C(C#N)C(=O)COC(=O)/C=C/c1c(F)cccc1Cl. The summed E-state index contributed by atoms with van der Waals surface area (Å²) in [5, 5.41) is 16.1. The number of ether oxygens (including phenoxy) is 1. The summed E-state index contributed by atoms with van der Waals surface area (Å²) in [5.41, 5.74) is -0.102. The van der Waals surface area contributed by atoms with Gasteiger partial charge in [0.1, 0.15) is 11.7 Å². The maximum absolute atomic E-state index is 13.5. The van der Waals surface area contributed by atoms with Crippen molar-refractivity contribution in [1.29, 1.82) is 10.7 Å². The van der Waals surface area contributed by atoms with Gasteiger partial charge < -0.3 is 10.1 Å². The minimum atomic E-state index is -1.24. The van der Waals surface area contributed by atoms with E-state index in [-0.39, 0.29) is 16.3 Å². The van der Waals surface area contributed by atoms with Gasteiger partial charge in [-0.3, -0.25) is 4.79 Å². The number of nitriles is 1. The molecule has 0 aliphatic rings. The Hall–Kier alpha value is -2.52. The summed E-state index contributed by atoms with van der Waals surface area (Å²) < 4.78 is 18.1. The van der Waals surface area contributed by atoms with Crippen LogP contribution in [-0.4, -0.2) is 24.1 Å². The first kappa shape index (κ1) is 17.5. The summed E-state index contributed by atoms with van der Waals surface area (Å²) in [7, 11) is 0. The van der Waals surface area contributed by atoms with E-state index in [0.29, 0.717) is 0 Å². The molecule has 0 heterocycles. The van der Waals surface area contributed by atoms with Crippen LogP contribution in [0.3, 0.4) is 0 Å². The molecule has 0 bridgehead atoms. The van der Waals surface area contributed by atoms with Crippen LogP contribution in [0.5, 0.6) is 0 Å². The number of ketones is 1. The Balaban J connectivity index is 2.64. The Morgan fingerprint density at radius 3 is 2.77 bits per heavy atom. The van der Waals surface area contributed by atoms with Crippen molar-refractivity contribution in [3.8, 4) is 6.07 Å². The number of nitrogens with zero attached hydrogens (tertiary/aromatic N) is 1. The summed E-state index contributed by atoms with van der Waals surface area (Å²) in [6.07, 6.45) is 2.06. The van der Waals surface area contributed by atoms with Crippen LogP contribution < -0.4 is 0 Å². The van der Waals surface area contributed by atoms with Crippen LogP contribution in [0.2, 0.25) is 5.02 Å². The Labute approximate surface area is 131 Å². The van der Waals surface area contributed by atoms with E-state index in [2.05, 4.69) is 4.74 Å². The number of Topliss-reactive ketones (excluding diaryl/α,β-unsaturated/α-hetero) is 1. The topological polar surface area (TPSA) is 91.0 Å². The zero-order valence-corrected chi connectivity index (χ0v) is 12.4. The Morgan fingerprint density at radius 1 is 1.55 bits per heavy atom. The number of hydrogen-bond donors (Lipinski definition) is 1. The molecule has 114 valence electrons. The van der Waals surface area contributed by atoms with Gasteiger partial charge >= 0.3 is 5.97 Å². The van der Waals surface area contributed by atoms with Gasteiger partial charge in [0.2, 0.25) is 0 Å². The normalized spacial score (nSPS) is 11.7. The number of carbonyl (C=O) groups excluding carboxylic acids is 2. The van der Waals surface area contributed by atoms with Crippen LogP contribution in [0, 0.1) is 28.5 Å². The highest BCUT2D eigenvalue weighted by atomic mass is 35.5. The van der Waals surface area contributed by atoms with Crippen LogP contribution >= 0.6 is 11.6 Å². The van der Waals surface area contributed by atoms with Gasteiger partial charge in [-0.25, -0.2) is 9.18 Å². The maximum Gasteiger partial charge on any atom is 0.331 e. The van der Waals surface area contributed by atoms with E-state index in [1.54, 1.807) is 6.07 Å². The van der Waals surface area contributed by atoms with Crippen molar-refractivity contribution in [3.05, 3.63) is 40.7 Å². The third kappa shape index (κ3) is 4.79. The minimum absolute atomic E-state index is 0.0256. The molecule has 1 unspecified atom stereocenters. The highest BCUT2D eigenvalue weighted by molar-refractivity contribution is 6.32. The molecule has 1 rings (SSSR count). The predicted octanol–water partition coefficient (Wildman–Crippen LogP) is 2.78. The number of halogens is 2. The van der Waals surface area contributed by atoms with Gasteiger partial charge in [0.25, 0.3) is 0 Å². The predicted molar refractivity (Wildman–Crippen MR) is 78.9 cm³/mol. The van der Waals surface area contributed by atoms with E-state index >= 15 is 0 Å². The van der Waals surface area contributed by atoms with Crippen molar-refractivity contribution < 1.29 is 18.7 Å². The van der Waals surface area contributed by atoms with Crippen LogP contribution in [0.15, 0.2) is 24.3 Å². The lowest BCUT2D eigenvalue weighted by molar-refractivity contribution is -0.143. The highest BCUT2D eigenvalue weighted by Gasteiger charge is 2.21. The smallest absolute Gasteiger partial charge is 0.331 e. The lowest BCUT2D eigenvalue weighted by Gasteiger charge is -2.06. The van der Waals surface area contributed by atoms with E-state index in [0.717, 1.165) is 12.2 Å². The first-order chi connectivity index (χ1) is 10.4. The van der Waals surface area contributed by atoms with Crippen LogP contribution in [-0.2, 0) is 14.3 Å². The Morgan fingerprint density at radius 2 is 2.23 bits per heavy atom. The molecule has 0 aliphatic heterocycles. The maximum atomic E-state index is 13.5. The summed E-state index contributed by atoms with van der Waals surface area (Å²) in [4.78, 5) is 23.0. The molecule has 1 N–H and O–H groups in total. The second-order valence-electron chi connectivity index (χ2n) is 4.29. The number of nitrogens with one attached hydrogen (secondary N) is 1. The first-order valence-electron chi connectivity index (χ1n) is 6.13. The van der Waals surface area contributed by atoms with Gasteiger partial charge in [-0.1, -0.05) is 17.7 Å². The van der Waals surface area contributed by atoms with Crippen molar-refractivity contribution in [3.63, 3.8) is 0 Å². The summed E-state index contributed by atoms with van der Waals surface area (Å²) in [6.45, 7) is 0.677. The van der Waals surface area contributed by atoms with Crippen molar-refractivity contribution >= 4 is 35.1 Å². The lowest BCUT2D eigenvalue weighted by Crippen LogP contribution is -2.25. The number of benzene rings is 1. The van der Waals surface area contributed by atoms with E-state index in [1.807, 2.05) is 0 Å². The zero-order valence-electron chi connectivity index (χ0n) is 11.6. The van der Waals surface area contributed by atoms with Crippen molar-refractivity contribution in [2.24, 2.45) is 5.92 Å². The molecule has 0 aromatic heterocycles. The second-order valence-corrected chi connectivity index (χ2v) is 4.70. The van der Waals surface area contributed by atoms with E-state index in [1.165, 1.54) is 25.1 Å². The van der Waals surface area contributed by atoms with Crippen LogP contribution in [0.25, 0.3) is 6.08 Å². The summed E-state index contributed by atoms with van der Waals surface area (Å²) >= 11 is 5.78. The van der Waals surface area contributed by atoms with E-state index in [9.17, 15) is 14.0 Å². The van der Waals surface area contributed by atoms with E-state index < -0.39 is 30.1 Å². The molecule has 22 heavy (non-hydrogen) atoms. The molecule has 1 aromatic rings. The minimum Gasteiger partial charge on any atom is -0.454 e. The van der Waals surface area contributed by atoms with Gasteiger partial charge in [0.15, 0.2) is 12.4 Å². The fraction of sp³-hybridized carbons (Fsp3) is 0.200. The van der Waals surface area contributed by atoms with Crippen LogP contribution in [0.1, 0.15) is 12.5 Å². The molecule has 0 aliphatic carbocycles. The monoisotopic (exact) mass is 322 g/mol. The number of hydrogen-bond acceptors (Lipinski definition) is 5. The summed E-state index contributed by atoms with van der Waals surface area (Å²) in [6, 6.07) is 5.72. The molecular weight excluding hydrogens is 311 g/mol. The second kappa shape index (κ2) is 8.05. The molecule has 7 heteroatoms. The molecule has 1 atom stereocenters. The molecular formula is C15H12ClFN2O3. The largest absolute Gasteiger partial charge is 0.454 e. The third-order valence-corrected chi connectivity index (χ3v) is 2.96. The molecule has 0 saturated carbocycles. The van der Waals surface area contributed by atoms with Gasteiger partial charge in [-0.15, -0.1) is 0 Å². The Kier molecular flexibility index (Phi) is 6.42. The highest BCUT2D eigenvalue weighted by Crippen LogP contribution is 2.20. The molecule has 0 saturated heterocycles. The fourth-order valence-electron chi connectivity index (χ4n) is 1.51. The standard InChI is InChI=1S/C15H12ClFN2O3/c1-9(19)11(7-18)14(20)8-22-15(21)6-5-10-12(16)3-2-4-13(10)17/h2-6,11,19H,8H2,1H3/b6-5+,19-9?. The number of rotatable bonds is 6. The van der Waals surface area contributed by atoms with Gasteiger partial charge in [-0.2, -0.15) is 5.26 Å². The fourth-order valence-corrected chi connectivity index (χ4v) is 1.73. The van der Waals surface area contributed by atoms with Crippen molar-refractivity contribution in [2.45, 2.75) is 6.92 Å². The first-order valence-corrected chi connectivity index (χ1v) is 6.50. The van der Waals surface area contributed by atoms with Crippen LogP contribution in [0.4, 0.5) is 4.39 Å². The Bertz CT molecular complexity index is 660. The molecule has 1 aromatic carbocycles. The molecule has 5 nitrogen and oxygen atoms in total. The molecule has 0 radical (unpaired) electrons. The molecule has 0 amide bonds. The third-order valence-electron chi connectivity index (χ3n) is 2.63. The number of carbonyl (C=O) groups is 2. The van der Waals surface area contributed by atoms with Gasteiger partial charge in [0, 0.05) is 17.4 Å². The van der Waals surface area contributed by atoms with Crippen molar-refractivity contribution in [1.82, 2.24) is 0 Å². The van der Waals surface area contributed by atoms with Gasteiger partial charge in [-0.05, 0) is 25.1 Å². The molecule has 0 spiro atoms. The average Bonchev–Trinajstić information content (AvgIpc) is 2.45. The van der Waals surface area contributed by atoms with E-state index in [4.69, 9.17) is 22.3 Å². The van der Waals surface area contributed by atoms with Crippen molar-refractivity contribution in [2.75, 3.05) is 6.61 Å². The lowest BCUT2D eigenvalue weighted by atomic mass is 10.0. The van der Waals surface area contributed by atoms with Gasteiger partial charge in [0.05, 0.1) is 11.1 Å². The average molecular weight is 323 g/mol.